The first-order chi connectivity index (χ1) is 13.7. The van der Waals surface area contributed by atoms with Crippen molar-refractivity contribution in [3.63, 3.8) is 0 Å². The molecule has 1 aliphatic carbocycles. The van der Waals surface area contributed by atoms with Crippen LogP contribution in [0.5, 0.6) is 0 Å². The number of nitrogens with zero attached hydrogens (tertiary/aromatic N) is 3. The van der Waals surface area contributed by atoms with Crippen molar-refractivity contribution in [2.75, 3.05) is 0 Å². The Morgan fingerprint density at radius 3 is 2.79 bits per heavy atom. The number of benzene rings is 1. The van der Waals surface area contributed by atoms with E-state index in [2.05, 4.69) is 25.5 Å². The number of H-pyrrole nitrogens is 1. The molecule has 0 unspecified atom stereocenters. The number of aromatic amines is 1. The summed E-state index contributed by atoms with van der Waals surface area (Å²) in [7, 11) is 0. The number of aromatic nitrogens is 4. The van der Waals surface area contributed by atoms with E-state index in [1.807, 2.05) is 36.4 Å². The van der Waals surface area contributed by atoms with E-state index >= 15 is 0 Å². The fraction of sp³-hybridized carbons (Fsp3) is 0.250. The zero-order valence-electron chi connectivity index (χ0n) is 15.1. The summed E-state index contributed by atoms with van der Waals surface area (Å²) in [6.45, 7) is 0.337. The molecule has 1 aromatic carbocycles. The Balaban J connectivity index is 1.33. The van der Waals surface area contributed by atoms with E-state index in [0.717, 1.165) is 46.3 Å². The van der Waals surface area contributed by atoms with Gasteiger partial charge in [0.15, 0.2) is 10.9 Å². The Kier molecular flexibility index (Phi) is 5.48. The van der Waals surface area contributed by atoms with Gasteiger partial charge in [-0.05, 0) is 42.7 Å². The topological polar surface area (TPSA) is 101 Å². The van der Waals surface area contributed by atoms with Gasteiger partial charge < -0.3 is 5.32 Å². The van der Waals surface area contributed by atoms with Gasteiger partial charge in [-0.3, -0.25) is 19.7 Å². The number of Topliss-reactive ketones (excluding diaryl/α,β-unsaturated/α-hetero) is 1. The lowest BCUT2D eigenvalue weighted by Gasteiger charge is -2.14. The number of pyridine rings is 1. The van der Waals surface area contributed by atoms with Crippen LogP contribution in [0.3, 0.4) is 0 Å². The average Bonchev–Trinajstić information content (AvgIpc) is 3.25. The molecule has 0 atom stereocenters. The van der Waals surface area contributed by atoms with Crippen LogP contribution in [-0.2, 0) is 18.7 Å². The summed E-state index contributed by atoms with van der Waals surface area (Å²) in [5, 5.41) is 10.3. The molecule has 8 heteroatoms. The molecular formula is C20H19N5O2S. The number of aryl methyl sites for hydroxylation is 1. The second kappa shape index (κ2) is 8.35. The Morgan fingerprint density at radius 1 is 1.14 bits per heavy atom. The summed E-state index contributed by atoms with van der Waals surface area (Å²) in [5.41, 5.74) is 4.03. The second-order valence-electron chi connectivity index (χ2n) is 6.53. The molecule has 0 radical (unpaired) electrons. The molecule has 0 aliphatic heterocycles. The lowest BCUT2D eigenvalue weighted by molar-refractivity contribution is 0.0946. The third-order valence-electron chi connectivity index (χ3n) is 4.56. The lowest BCUT2D eigenvalue weighted by atomic mass is 9.94. The Bertz CT molecular complexity index is 986. The van der Waals surface area contributed by atoms with Crippen LogP contribution in [0.15, 0.2) is 47.9 Å². The van der Waals surface area contributed by atoms with Crippen LogP contribution in [-0.4, -0.2) is 31.9 Å². The van der Waals surface area contributed by atoms with Crippen LogP contribution in [0.25, 0.3) is 0 Å². The van der Waals surface area contributed by atoms with Crippen LogP contribution < -0.4 is 5.32 Å². The molecule has 0 saturated heterocycles. The van der Waals surface area contributed by atoms with Gasteiger partial charge in [-0.1, -0.05) is 23.9 Å². The van der Waals surface area contributed by atoms with Crippen LogP contribution in [0.2, 0.25) is 0 Å². The van der Waals surface area contributed by atoms with Gasteiger partial charge in [0.1, 0.15) is 6.33 Å². The number of rotatable bonds is 6. The monoisotopic (exact) mass is 393 g/mol. The average molecular weight is 393 g/mol. The molecule has 0 spiro atoms. The van der Waals surface area contributed by atoms with Crippen LogP contribution in [0.4, 0.5) is 0 Å². The zero-order valence-corrected chi connectivity index (χ0v) is 16.0. The van der Waals surface area contributed by atoms with Crippen molar-refractivity contribution < 1.29 is 9.59 Å². The third kappa shape index (κ3) is 4.28. The van der Waals surface area contributed by atoms with Gasteiger partial charge >= 0.3 is 0 Å². The zero-order chi connectivity index (χ0) is 19.3. The quantitative estimate of drug-likeness (QED) is 0.625. The molecule has 1 amide bonds. The molecule has 2 N–H and O–H groups in total. The summed E-state index contributed by atoms with van der Waals surface area (Å²) in [5.74, 6) is 0.755. The maximum absolute atomic E-state index is 12.4. The molecular weight excluding hydrogens is 374 g/mol. The minimum atomic E-state index is -0.148. The summed E-state index contributed by atoms with van der Waals surface area (Å²) in [6, 6.07) is 11.1. The van der Waals surface area contributed by atoms with Gasteiger partial charge in [0.25, 0.3) is 5.91 Å². The minimum Gasteiger partial charge on any atom is -0.346 e. The first-order valence-electron chi connectivity index (χ1n) is 9.06. The fourth-order valence-corrected chi connectivity index (χ4v) is 3.82. The van der Waals surface area contributed by atoms with Crippen LogP contribution in [0.1, 0.15) is 50.5 Å². The van der Waals surface area contributed by atoms with Gasteiger partial charge in [-0.15, -0.1) is 0 Å². The summed E-state index contributed by atoms with van der Waals surface area (Å²) >= 11 is 1.55. The van der Waals surface area contributed by atoms with E-state index in [0.29, 0.717) is 18.5 Å². The normalized spacial score (nSPS) is 13.2. The Morgan fingerprint density at radius 2 is 2.00 bits per heavy atom. The molecule has 0 bridgehead atoms. The predicted octanol–water partition coefficient (Wildman–Crippen LogP) is 2.94. The molecule has 142 valence electrons. The standard InChI is InChI=1S/C20H19N5O2S/c26-18-3-1-2-17-16(18)9-8-15(24-17)10-21-19(27)14-6-4-13(5-7-14)11-28-20-22-12-23-25-20/h4-9,12H,1-3,10-11H2,(H,21,27)(H,22,23,25). The molecule has 2 aromatic heterocycles. The molecule has 7 nitrogen and oxygen atoms in total. The summed E-state index contributed by atoms with van der Waals surface area (Å²) in [4.78, 5) is 32.9. The van der Waals surface area contributed by atoms with Crippen molar-refractivity contribution in [3.05, 3.63) is 70.8 Å². The molecule has 0 fully saturated rings. The van der Waals surface area contributed by atoms with Crippen LogP contribution in [0, 0.1) is 0 Å². The highest BCUT2D eigenvalue weighted by atomic mass is 32.2. The summed E-state index contributed by atoms with van der Waals surface area (Å²) < 4.78 is 0. The summed E-state index contributed by atoms with van der Waals surface area (Å²) in [6.07, 6.45) is 3.73. The highest BCUT2D eigenvalue weighted by molar-refractivity contribution is 7.98. The number of fused-ring (bicyclic) bond motifs is 1. The fourth-order valence-electron chi connectivity index (χ4n) is 3.08. The number of amides is 1. The SMILES string of the molecule is O=C(NCc1ccc2c(n1)CCCC2=O)c1ccc(CSc2ncn[nH]2)cc1. The van der Waals surface area contributed by atoms with Crippen molar-refractivity contribution in [3.8, 4) is 0 Å². The van der Waals surface area contributed by atoms with Crippen LogP contribution >= 0.6 is 11.8 Å². The van der Waals surface area contributed by atoms with E-state index in [-0.39, 0.29) is 11.7 Å². The second-order valence-corrected chi connectivity index (χ2v) is 7.50. The number of carbonyl (C=O) groups is 2. The number of hydrogen-bond donors (Lipinski definition) is 2. The van der Waals surface area contributed by atoms with Gasteiger partial charge in [0, 0.05) is 23.3 Å². The first kappa shape index (κ1) is 18.4. The highest BCUT2D eigenvalue weighted by Crippen LogP contribution is 2.20. The van der Waals surface area contributed by atoms with E-state index < -0.39 is 0 Å². The van der Waals surface area contributed by atoms with Crippen molar-refractivity contribution in [2.45, 2.75) is 36.7 Å². The molecule has 2 heterocycles. The number of carbonyl (C=O) groups excluding carboxylic acids is 2. The van der Waals surface area contributed by atoms with Crippen molar-refractivity contribution in [1.82, 2.24) is 25.5 Å². The van der Waals surface area contributed by atoms with Crippen molar-refractivity contribution >= 4 is 23.5 Å². The van der Waals surface area contributed by atoms with Crippen molar-refractivity contribution in [1.29, 1.82) is 0 Å². The molecule has 4 rings (SSSR count). The Labute approximate surface area is 166 Å². The maximum atomic E-state index is 12.4. The van der Waals surface area contributed by atoms with Gasteiger partial charge in [-0.25, -0.2) is 4.98 Å². The molecule has 0 saturated carbocycles. The maximum Gasteiger partial charge on any atom is 0.251 e. The molecule has 1 aliphatic rings. The Hall–Kier alpha value is -3.00. The van der Waals surface area contributed by atoms with E-state index in [9.17, 15) is 9.59 Å². The largest absolute Gasteiger partial charge is 0.346 e. The number of ketones is 1. The number of hydrogen-bond acceptors (Lipinski definition) is 6. The third-order valence-corrected chi connectivity index (χ3v) is 5.51. The molecule has 3 aromatic rings. The first-order valence-corrected chi connectivity index (χ1v) is 10.0. The van der Waals surface area contributed by atoms with Crippen molar-refractivity contribution in [2.24, 2.45) is 0 Å². The molecule has 28 heavy (non-hydrogen) atoms. The predicted molar refractivity (Wildman–Crippen MR) is 105 cm³/mol. The van der Waals surface area contributed by atoms with E-state index in [4.69, 9.17) is 0 Å². The highest BCUT2D eigenvalue weighted by Gasteiger charge is 2.18. The minimum absolute atomic E-state index is 0.148. The van der Waals surface area contributed by atoms with Gasteiger partial charge in [0.05, 0.1) is 17.9 Å². The lowest BCUT2D eigenvalue weighted by Crippen LogP contribution is -2.24. The number of nitrogens with one attached hydrogen (secondary N) is 2. The number of thioether (sulfide) groups is 1. The van der Waals surface area contributed by atoms with E-state index in [1.165, 1.54) is 6.33 Å². The van der Waals surface area contributed by atoms with E-state index in [1.54, 1.807) is 11.8 Å². The van der Waals surface area contributed by atoms with Gasteiger partial charge in [-0.2, -0.15) is 5.10 Å². The smallest absolute Gasteiger partial charge is 0.251 e. The van der Waals surface area contributed by atoms with Gasteiger partial charge in [0.2, 0.25) is 0 Å².